The first-order valence-corrected chi connectivity index (χ1v) is 6.07. The molecular formula is C12H20O3. The van der Waals surface area contributed by atoms with Crippen LogP contribution in [0.1, 0.15) is 38.5 Å². The Labute approximate surface area is 91.1 Å². The summed E-state index contributed by atoms with van der Waals surface area (Å²) in [6.07, 6.45) is 8.18. The predicted octanol–water partition coefficient (Wildman–Crippen LogP) is 1.94. The zero-order chi connectivity index (χ0) is 10.5. The summed E-state index contributed by atoms with van der Waals surface area (Å²) in [4.78, 5) is 10.6. The number of ether oxygens (including phenoxy) is 2. The third-order valence-corrected chi connectivity index (χ3v) is 3.45. The average Bonchev–Trinajstić information content (AvgIpc) is 2.80. The highest BCUT2D eigenvalue weighted by Gasteiger charge is 2.23. The number of hydrogen-bond donors (Lipinski definition) is 0. The quantitative estimate of drug-likeness (QED) is 0.668. The van der Waals surface area contributed by atoms with Crippen LogP contribution in [0.5, 0.6) is 0 Å². The minimum absolute atomic E-state index is 0.285. The second-order valence-corrected chi connectivity index (χ2v) is 4.64. The van der Waals surface area contributed by atoms with Crippen LogP contribution in [-0.4, -0.2) is 31.7 Å². The molecule has 0 amide bonds. The van der Waals surface area contributed by atoms with E-state index in [1.807, 2.05) is 0 Å². The van der Waals surface area contributed by atoms with Crippen LogP contribution in [0, 0.1) is 5.92 Å². The molecule has 1 aliphatic heterocycles. The van der Waals surface area contributed by atoms with E-state index in [1.54, 1.807) is 0 Å². The van der Waals surface area contributed by atoms with Crippen LogP contribution in [-0.2, 0) is 14.3 Å². The first kappa shape index (κ1) is 11.1. The first-order chi connectivity index (χ1) is 7.38. The molecule has 0 N–H and O–H groups in total. The molecule has 0 aromatic rings. The highest BCUT2D eigenvalue weighted by Crippen LogP contribution is 2.25. The van der Waals surface area contributed by atoms with Crippen molar-refractivity contribution in [3.8, 4) is 0 Å². The maximum atomic E-state index is 10.6. The molecule has 2 rings (SSSR count). The fraction of sp³-hybridized carbons (Fsp3) is 0.917. The number of hydrogen-bond acceptors (Lipinski definition) is 3. The third kappa shape index (κ3) is 3.28. The topological polar surface area (TPSA) is 35.5 Å². The highest BCUT2D eigenvalue weighted by atomic mass is 16.5. The second kappa shape index (κ2) is 5.61. The third-order valence-electron chi connectivity index (χ3n) is 3.45. The lowest BCUT2D eigenvalue weighted by atomic mass is 9.88. The zero-order valence-electron chi connectivity index (χ0n) is 9.19. The molecule has 3 heteroatoms. The molecule has 0 bridgehead atoms. The van der Waals surface area contributed by atoms with E-state index in [1.165, 1.54) is 6.42 Å². The van der Waals surface area contributed by atoms with Gasteiger partial charge >= 0.3 is 0 Å². The highest BCUT2D eigenvalue weighted by molar-refractivity contribution is 5.53. The van der Waals surface area contributed by atoms with Gasteiger partial charge in [0.05, 0.1) is 18.8 Å². The van der Waals surface area contributed by atoms with Crippen LogP contribution in [0.25, 0.3) is 0 Å². The summed E-state index contributed by atoms with van der Waals surface area (Å²) in [7, 11) is 0. The van der Waals surface area contributed by atoms with Gasteiger partial charge in [0.15, 0.2) is 0 Å². The largest absolute Gasteiger partial charge is 0.376 e. The van der Waals surface area contributed by atoms with Gasteiger partial charge < -0.3 is 14.3 Å². The van der Waals surface area contributed by atoms with Crippen LogP contribution < -0.4 is 0 Å². The molecule has 1 aliphatic carbocycles. The van der Waals surface area contributed by atoms with Crippen molar-refractivity contribution < 1.29 is 14.3 Å². The Morgan fingerprint density at radius 1 is 1.20 bits per heavy atom. The Kier molecular flexibility index (Phi) is 4.15. The second-order valence-electron chi connectivity index (χ2n) is 4.64. The molecule has 15 heavy (non-hydrogen) atoms. The molecule has 0 aromatic carbocycles. The molecule has 0 radical (unpaired) electrons. The Balaban J connectivity index is 1.61. The van der Waals surface area contributed by atoms with Gasteiger partial charge in [-0.2, -0.15) is 0 Å². The van der Waals surface area contributed by atoms with Crippen LogP contribution in [0.15, 0.2) is 0 Å². The Morgan fingerprint density at radius 3 is 2.60 bits per heavy atom. The van der Waals surface area contributed by atoms with E-state index in [0.29, 0.717) is 12.2 Å². The summed E-state index contributed by atoms with van der Waals surface area (Å²) >= 11 is 0. The predicted molar refractivity (Wildman–Crippen MR) is 56.7 cm³/mol. The van der Waals surface area contributed by atoms with E-state index < -0.39 is 0 Å². The van der Waals surface area contributed by atoms with E-state index in [9.17, 15) is 4.79 Å². The molecular weight excluding hydrogens is 192 g/mol. The van der Waals surface area contributed by atoms with E-state index in [0.717, 1.165) is 51.6 Å². The van der Waals surface area contributed by atoms with Gasteiger partial charge in [-0.1, -0.05) is 0 Å². The van der Waals surface area contributed by atoms with Gasteiger partial charge in [-0.25, -0.2) is 0 Å². The molecule has 1 unspecified atom stereocenters. The van der Waals surface area contributed by atoms with E-state index in [2.05, 4.69) is 0 Å². The summed E-state index contributed by atoms with van der Waals surface area (Å²) in [5.41, 5.74) is 0. The summed E-state index contributed by atoms with van der Waals surface area (Å²) in [6.45, 7) is 1.64. The fourth-order valence-electron chi connectivity index (χ4n) is 2.41. The smallest absolute Gasteiger partial charge is 0.123 e. The summed E-state index contributed by atoms with van der Waals surface area (Å²) in [5.74, 6) is 0.285. The Hall–Kier alpha value is -0.410. The molecule has 86 valence electrons. The molecule has 0 spiro atoms. The maximum Gasteiger partial charge on any atom is 0.123 e. The monoisotopic (exact) mass is 212 g/mol. The van der Waals surface area contributed by atoms with Crippen molar-refractivity contribution in [3.63, 3.8) is 0 Å². The number of aldehydes is 1. The Bertz CT molecular complexity index is 191. The van der Waals surface area contributed by atoms with E-state index in [-0.39, 0.29) is 5.92 Å². The van der Waals surface area contributed by atoms with Crippen LogP contribution in [0.2, 0.25) is 0 Å². The van der Waals surface area contributed by atoms with Crippen LogP contribution >= 0.6 is 0 Å². The Morgan fingerprint density at radius 2 is 2.00 bits per heavy atom. The standard InChI is InChI=1S/C12H20O3/c13-8-10-3-5-11(6-4-10)15-9-12-2-1-7-14-12/h8,10-12H,1-7,9H2. The minimum Gasteiger partial charge on any atom is -0.376 e. The average molecular weight is 212 g/mol. The minimum atomic E-state index is 0.285. The van der Waals surface area contributed by atoms with Crippen LogP contribution in [0.3, 0.4) is 0 Å². The SMILES string of the molecule is O=CC1CCC(OCC2CCCO2)CC1. The van der Waals surface area contributed by atoms with Gasteiger partial charge in [0.25, 0.3) is 0 Å². The van der Waals surface area contributed by atoms with Crippen molar-refractivity contribution in [2.45, 2.75) is 50.7 Å². The van der Waals surface area contributed by atoms with Crippen molar-refractivity contribution in [1.29, 1.82) is 0 Å². The number of carbonyl (C=O) groups excluding carboxylic acids is 1. The fourth-order valence-corrected chi connectivity index (χ4v) is 2.41. The molecule has 1 saturated heterocycles. The maximum absolute atomic E-state index is 10.6. The van der Waals surface area contributed by atoms with Gasteiger partial charge in [0.1, 0.15) is 6.29 Å². The molecule has 2 fully saturated rings. The van der Waals surface area contributed by atoms with Crippen molar-refractivity contribution in [2.75, 3.05) is 13.2 Å². The first-order valence-electron chi connectivity index (χ1n) is 6.07. The van der Waals surface area contributed by atoms with E-state index >= 15 is 0 Å². The van der Waals surface area contributed by atoms with Crippen molar-refractivity contribution in [3.05, 3.63) is 0 Å². The summed E-state index contributed by atoms with van der Waals surface area (Å²) < 4.78 is 11.3. The molecule has 1 heterocycles. The van der Waals surface area contributed by atoms with Crippen LogP contribution in [0.4, 0.5) is 0 Å². The van der Waals surface area contributed by atoms with Gasteiger partial charge in [0, 0.05) is 12.5 Å². The molecule has 0 aromatic heterocycles. The summed E-state index contributed by atoms with van der Waals surface area (Å²) in [6, 6.07) is 0. The lowest BCUT2D eigenvalue weighted by Crippen LogP contribution is -2.26. The lowest BCUT2D eigenvalue weighted by molar-refractivity contribution is -0.113. The lowest BCUT2D eigenvalue weighted by Gasteiger charge is -2.26. The van der Waals surface area contributed by atoms with Gasteiger partial charge in [0.2, 0.25) is 0 Å². The van der Waals surface area contributed by atoms with E-state index in [4.69, 9.17) is 9.47 Å². The number of carbonyl (C=O) groups is 1. The molecule has 2 aliphatic rings. The summed E-state index contributed by atoms with van der Waals surface area (Å²) in [5, 5.41) is 0. The van der Waals surface area contributed by atoms with Crippen molar-refractivity contribution in [2.24, 2.45) is 5.92 Å². The zero-order valence-corrected chi connectivity index (χ0v) is 9.19. The molecule has 1 saturated carbocycles. The van der Waals surface area contributed by atoms with Crippen molar-refractivity contribution >= 4 is 6.29 Å². The molecule has 1 atom stereocenters. The van der Waals surface area contributed by atoms with Gasteiger partial charge in [-0.3, -0.25) is 0 Å². The van der Waals surface area contributed by atoms with Gasteiger partial charge in [-0.15, -0.1) is 0 Å². The van der Waals surface area contributed by atoms with Gasteiger partial charge in [-0.05, 0) is 38.5 Å². The normalized spacial score (nSPS) is 36.7. The molecule has 3 nitrogen and oxygen atoms in total. The van der Waals surface area contributed by atoms with Crippen molar-refractivity contribution in [1.82, 2.24) is 0 Å². The number of rotatable bonds is 4.